The molecule has 2 N–H and O–H groups in total. The standard InChI is InChI=1S/C24H36O11S/c1-7-23(4,20(27)32-6)16-24(5,36(30,31)15-12-25)21(28)34-14-13-33-19(26)17-8-10-18(11-9-17)22(2,3)35-29/h8-11,25,29H,7,12-16H2,1-6H3. The molecule has 0 aromatic heterocycles. The average Bonchev–Trinajstić information content (AvgIpc) is 2.85. The van der Waals surface area contributed by atoms with Gasteiger partial charge in [0, 0.05) is 0 Å². The van der Waals surface area contributed by atoms with Crippen LogP contribution in [0.25, 0.3) is 0 Å². The Balaban J connectivity index is 2.91. The van der Waals surface area contributed by atoms with E-state index in [9.17, 15) is 27.9 Å². The first kappa shape index (κ1) is 31.5. The summed E-state index contributed by atoms with van der Waals surface area (Å²) in [6.45, 7) is 6.06. The highest BCUT2D eigenvalue weighted by Crippen LogP contribution is 2.38. The molecule has 0 radical (unpaired) electrons. The molecular formula is C24H36O11S. The maximum atomic E-state index is 13.0. The summed E-state index contributed by atoms with van der Waals surface area (Å²) >= 11 is 0. The molecule has 0 fully saturated rings. The fourth-order valence-electron chi connectivity index (χ4n) is 3.55. The number of carbonyl (C=O) groups is 3. The van der Waals surface area contributed by atoms with Crippen molar-refractivity contribution in [2.45, 2.75) is 57.8 Å². The summed E-state index contributed by atoms with van der Waals surface area (Å²) in [6, 6.07) is 6.11. The number of carbonyl (C=O) groups excluding carboxylic acids is 3. The van der Waals surface area contributed by atoms with Gasteiger partial charge in [-0.2, -0.15) is 0 Å². The SMILES string of the molecule is CCC(C)(CC(C)(C(=O)OCCOC(=O)c1ccc(C(C)(C)OO)cc1)S(=O)(=O)CCO)C(=O)OC. The molecule has 0 saturated carbocycles. The third-order valence-electron chi connectivity index (χ3n) is 6.26. The van der Waals surface area contributed by atoms with Crippen molar-refractivity contribution in [2.24, 2.45) is 5.41 Å². The second-order valence-electron chi connectivity index (χ2n) is 9.31. The highest BCUT2D eigenvalue weighted by atomic mass is 32.2. The zero-order valence-electron chi connectivity index (χ0n) is 21.5. The van der Waals surface area contributed by atoms with E-state index in [1.807, 2.05) is 0 Å². The number of hydrogen-bond acceptors (Lipinski definition) is 11. The minimum atomic E-state index is -4.24. The first-order valence-electron chi connectivity index (χ1n) is 11.3. The van der Waals surface area contributed by atoms with Gasteiger partial charge in [-0.15, -0.1) is 0 Å². The molecule has 0 spiro atoms. The van der Waals surface area contributed by atoms with Gasteiger partial charge in [0.05, 0.1) is 30.4 Å². The van der Waals surface area contributed by atoms with Crippen LogP contribution in [0, 0.1) is 5.41 Å². The van der Waals surface area contributed by atoms with Crippen LogP contribution < -0.4 is 0 Å². The van der Waals surface area contributed by atoms with Crippen molar-refractivity contribution in [3.05, 3.63) is 35.4 Å². The van der Waals surface area contributed by atoms with Crippen molar-refractivity contribution in [1.29, 1.82) is 0 Å². The molecule has 2 unspecified atom stereocenters. The lowest BCUT2D eigenvalue weighted by molar-refractivity contribution is -0.318. The molecule has 204 valence electrons. The number of benzene rings is 1. The van der Waals surface area contributed by atoms with Crippen LogP contribution in [-0.2, 0) is 44.1 Å². The molecule has 11 nitrogen and oxygen atoms in total. The Morgan fingerprint density at radius 2 is 1.50 bits per heavy atom. The summed E-state index contributed by atoms with van der Waals surface area (Å²) < 4.78 is 38.7. The van der Waals surface area contributed by atoms with E-state index >= 15 is 0 Å². The molecule has 1 rings (SSSR count). The second kappa shape index (κ2) is 12.6. The second-order valence-corrected chi connectivity index (χ2v) is 11.8. The molecule has 12 heteroatoms. The summed E-state index contributed by atoms with van der Waals surface area (Å²) in [5, 5.41) is 18.2. The van der Waals surface area contributed by atoms with Crippen molar-refractivity contribution in [3.63, 3.8) is 0 Å². The number of ether oxygens (including phenoxy) is 3. The van der Waals surface area contributed by atoms with Crippen LogP contribution in [0.2, 0.25) is 0 Å². The van der Waals surface area contributed by atoms with Crippen LogP contribution in [0.4, 0.5) is 0 Å². The molecule has 2 atom stereocenters. The van der Waals surface area contributed by atoms with E-state index in [1.165, 1.54) is 19.1 Å². The van der Waals surface area contributed by atoms with E-state index < -0.39 is 68.9 Å². The van der Waals surface area contributed by atoms with Gasteiger partial charge in [-0.3, -0.25) is 14.8 Å². The van der Waals surface area contributed by atoms with Gasteiger partial charge in [0.25, 0.3) is 0 Å². The van der Waals surface area contributed by atoms with Gasteiger partial charge >= 0.3 is 17.9 Å². The number of rotatable bonds is 14. The summed E-state index contributed by atoms with van der Waals surface area (Å²) in [7, 11) is -3.08. The lowest BCUT2D eigenvalue weighted by Crippen LogP contribution is -2.51. The molecule has 0 saturated heterocycles. The smallest absolute Gasteiger partial charge is 0.338 e. The molecule has 36 heavy (non-hydrogen) atoms. The van der Waals surface area contributed by atoms with Crippen molar-refractivity contribution in [3.8, 4) is 0 Å². The van der Waals surface area contributed by atoms with Crippen molar-refractivity contribution >= 4 is 27.7 Å². The molecule has 0 heterocycles. The molecule has 0 aliphatic heterocycles. The average molecular weight is 533 g/mol. The molecule has 0 amide bonds. The van der Waals surface area contributed by atoms with E-state index in [0.29, 0.717) is 5.56 Å². The molecule has 0 aliphatic rings. The lowest BCUT2D eigenvalue weighted by Gasteiger charge is -2.35. The molecule has 0 aliphatic carbocycles. The minimum Gasteiger partial charge on any atom is -0.469 e. The summed E-state index contributed by atoms with van der Waals surface area (Å²) in [4.78, 5) is 42.0. The van der Waals surface area contributed by atoms with Crippen molar-refractivity contribution < 1.29 is 52.3 Å². The zero-order valence-corrected chi connectivity index (χ0v) is 22.3. The Hall–Kier alpha value is -2.54. The Morgan fingerprint density at radius 1 is 0.944 bits per heavy atom. The normalized spacial score (nSPS) is 15.3. The fourth-order valence-corrected chi connectivity index (χ4v) is 5.09. The highest BCUT2D eigenvalue weighted by Gasteiger charge is 2.53. The topological polar surface area (TPSA) is 163 Å². The van der Waals surface area contributed by atoms with Crippen molar-refractivity contribution in [2.75, 3.05) is 32.7 Å². The molecule has 1 aromatic carbocycles. The maximum Gasteiger partial charge on any atom is 0.338 e. The minimum absolute atomic E-state index is 0.190. The van der Waals surface area contributed by atoms with Crippen LogP contribution in [0.15, 0.2) is 24.3 Å². The molecular weight excluding hydrogens is 496 g/mol. The van der Waals surface area contributed by atoms with Gasteiger partial charge in [-0.1, -0.05) is 19.1 Å². The van der Waals surface area contributed by atoms with Crippen LogP contribution in [0.5, 0.6) is 0 Å². The van der Waals surface area contributed by atoms with E-state index in [1.54, 1.807) is 32.9 Å². The quantitative estimate of drug-likeness (QED) is 0.119. The number of esters is 3. The van der Waals surface area contributed by atoms with Gasteiger partial charge in [-0.25, -0.2) is 18.1 Å². The number of sulfone groups is 1. The third kappa shape index (κ3) is 7.25. The Bertz CT molecular complexity index is 1020. The van der Waals surface area contributed by atoms with Gasteiger partial charge < -0.3 is 19.3 Å². The number of aliphatic hydroxyl groups excluding tert-OH is 1. The fraction of sp³-hybridized carbons (Fsp3) is 0.625. The number of aliphatic hydroxyl groups is 1. The summed E-state index contributed by atoms with van der Waals surface area (Å²) in [5.74, 6) is -3.23. The predicted molar refractivity (Wildman–Crippen MR) is 129 cm³/mol. The van der Waals surface area contributed by atoms with Crippen LogP contribution in [-0.4, -0.2) is 74.1 Å². The first-order chi connectivity index (χ1) is 16.6. The zero-order chi connectivity index (χ0) is 27.8. The molecule has 0 bridgehead atoms. The predicted octanol–water partition coefficient (Wildman–Crippen LogP) is 2.26. The summed E-state index contributed by atoms with van der Waals surface area (Å²) in [5.41, 5.74) is -1.46. The number of methoxy groups -OCH3 is 1. The van der Waals surface area contributed by atoms with Gasteiger partial charge in [0.1, 0.15) is 18.8 Å². The van der Waals surface area contributed by atoms with Crippen LogP contribution in [0.3, 0.4) is 0 Å². The van der Waals surface area contributed by atoms with Gasteiger partial charge in [0.15, 0.2) is 14.6 Å². The number of hydrogen-bond donors (Lipinski definition) is 2. The van der Waals surface area contributed by atoms with Gasteiger partial charge in [-0.05, 0) is 58.2 Å². The van der Waals surface area contributed by atoms with Crippen molar-refractivity contribution in [1.82, 2.24) is 0 Å². The van der Waals surface area contributed by atoms with E-state index in [0.717, 1.165) is 14.0 Å². The van der Waals surface area contributed by atoms with E-state index in [2.05, 4.69) is 4.89 Å². The maximum absolute atomic E-state index is 13.0. The van der Waals surface area contributed by atoms with Gasteiger partial charge in [0.2, 0.25) is 0 Å². The molecule has 1 aromatic rings. The Kier molecular flexibility index (Phi) is 11.0. The highest BCUT2D eigenvalue weighted by molar-refractivity contribution is 7.93. The summed E-state index contributed by atoms with van der Waals surface area (Å²) in [6.07, 6.45) is -0.237. The first-order valence-corrected chi connectivity index (χ1v) is 13.0. The van der Waals surface area contributed by atoms with Crippen LogP contribution in [0.1, 0.15) is 63.4 Å². The Morgan fingerprint density at radius 3 is 1.97 bits per heavy atom. The lowest BCUT2D eigenvalue weighted by atomic mass is 9.79. The van der Waals surface area contributed by atoms with E-state index in [4.69, 9.17) is 19.5 Å². The van der Waals surface area contributed by atoms with Crippen LogP contribution >= 0.6 is 0 Å². The Labute approximate surface area is 211 Å². The largest absolute Gasteiger partial charge is 0.469 e. The van der Waals surface area contributed by atoms with E-state index in [-0.39, 0.29) is 18.6 Å². The third-order valence-corrected chi connectivity index (χ3v) is 8.66. The monoisotopic (exact) mass is 532 g/mol.